The fraction of sp³-hybridized carbons (Fsp3) is 0.222. The minimum atomic E-state index is -4.46. The first kappa shape index (κ1) is 21.4. The van der Waals surface area contributed by atoms with E-state index in [1.165, 1.54) is 40.3 Å². The Hall–Kier alpha value is -3.28. The quantitative estimate of drug-likeness (QED) is 0.656. The molecule has 1 aromatic carbocycles. The largest absolute Gasteiger partial charge is 0.416 e. The molecule has 4 rings (SSSR count). The molecule has 12 heteroatoms. The molecule has 0 radical (unpaired) electrons. The molecule has 8 nitrogen and oxygen atoms in total. The number of carbonyl (C=O) groups excluding carboxylic acids is 2. The maximum Gasteiger partial charge on any atom is 0.416 e. The van der Waals surface area contributed by atoms with Crippen LogP contribution in [0, 0.1) is 0 Å². The molecule has 1 aliphatic heterocycles. The van der Waals surface area contributed by atoms with Gasteiger partial charge in [-0.25, -0.2) is 0 Å². The first-order chi connectivity index (χ1) is 13.8. The van der Waals surface area contributed by atoms with E-state index < -0.39 is 23.6 Å². The molecule has 0 aliphatic carbocycles. The van der Waals surface area contributed by atoms with Gasteiger partial charge in [0, 0.05) is 18.4 Å². The van der Waals surface area contributed by atoms with Crippen LogP contribution in [-0.4, -0.2) is 38.3 Å². The number of alkyl halides is 3. The van der Waals surface area contributed by atoms with E-state index in [4.69, 9.17) is 0 Å². The number of aromatic amines is 1. The average Bonchev–Trinajstić information content (AvgIpc) is 3.34. The summed E-state index contributed by atoms with van der Waals surface area (Å²) >= 11 is 0. The first-order valence-corrected chi connectivity index (χ1v) is 8.62. The second-order valence-corrected chi connectivity index (χ2v) is 6.60. The highest BCUT2D eigenvalue weighted by molar-refractivity contribution is 7.59. The fourth-order valence-corrected chi connectivity index (χ4v) is 3.18. The van der Waals surface area contributed by atoms with Crippen molar-refractivity contribution in [1.82, 2.24) is 20.0 Å². The van der Waals surface area contributed by atoms with Gasteiger partial charge in [-0.2, -0.15) is 36.9 Å². The van der Waals surface area contributed by atoms with Crippen molar-refractivity contribution in [2.24, 2.45) is 0 Å². The maximum atomic E-state index is 13.1. The van der Waals surface area contributed by atoms with Crippen molar-refractivity contribution in [3.63, 3.8) is 0 Å². The van der Waals surface area contributed by atoms with E-state index in [2.05, 4.69) is 20.6 Å². The lowest BCUT2D eigenvalue weighted by atomic mass is 10.1. The second kappa shape index (κ2) is 7.86. The van der Waals surface area contributed by atoms with Crippen molar-refractivity contribution in [2.75, 3.05) is 16.8 Å². The third-order valence-electron chi connectivity index (χ3n) is 4.62. The van der Waals surface area contributed by atoms with Gasteiger partial charge in [0.2, 0.25) is 0 Å². The molecule has 0 unspecified atom stereocenters. The Morgan fingerprint density at radius 1 is 1.23 bits per heavy atom. The van der Waals surface area contributed by atoms with Crippen LogP contribution in [0.5, 0.6) is 0 Å². The summed E-state index contributed by atoms with van der Waals surface area (Å²) in [6.07, 6.45) is -0.340. The zero-order chi connectivity index (χ0) is 20.8. The Balaban J connectivity index is 0.00000256. The van der Waals surface area contributed by atoms with Crippen LogP contribution in [0.15, 0.2) is 42.9 Å². The van der Waals surface area contributed by atoms with Gasteiger partial charge in [-0.05, 0) is 31.2 Å². The van der Waals surface area contributed by atoms with Crippen LogP contribution in [0.2, 0.25) is 0 Å². The smallest absolute Gasteiger partial charge is 0.319 e. The van der Waals surface area contributed by atoms with Gasteiger partial charge in [-0.15, -0.1) is 0 Å². The number of aromatic nitrogens is 4. The Bertz CT molecular complexity index is 1060. The van der Waals surface area contributed by atoms with Gasteiger partial charge in [-0.3, -0.25) is 19.4 Å². The lowest BCUT2D eigenvalue weighted by Gasteiger charge is -2.32. The minimum Gasteiger partial charge on any atom is -0.319 e. The molecule has 1 aliphatic rings. The number of hydrogen-bond acceptors (Lipinski definition) is 4. The Morgan fingerprint density at radius 2 is 1.93 bits per heavy atom. The molecule has 0 bridgehead atoms. The zero-order valence-corrected chi connectivity index (χ0v) is 16.6. The predicted molar refractivity (Wildman–Crippen MR) is 107 cm³/mol. The highest BCUT2D eigenvalue weighted by atomic mass is 32.1. The summed E-state index contributed by atoms with van der Waals surface area (Å²) in [5.41, 5.74) is 0.178. The third-order valence-corrected chi connectivity index (χ3v) is 4.62. The van der Waals surface area contributed by atoms with Crippen molar-refractivity contribution < 1.29 is 22.8 Å². The standard InChI is InChI=1S/C18H15F3N6O2.H2S/c1-10-9-26(13-4-2-12(3-5-13)18(19,20)21)17(29)15-14(8-24-27(10)15)25-16(28)11-6-22-23-7-11;/h2-8,10H,9H2,1H3,(H,22,23)(H,25,28);1H2/t10-;/m0./s1. The van der Waals surface area contributed by atoms with Crippen LogP contribution in [0.25, 0.3) is 0 Å². The van der Waals surface area contributed by atoms with E-state index in [9.17, 15) is 22.8 Å². The molecular formula is C18H17F3N6O2S. The summed E-state index contributed by atoms with van der Waals surface area (Å²) in [5, 5.41) is 13.0. The van der Waals surface area contributed by atoms with Crippen LogP contribution in [0.4, 0.5) is 24.5 Å². The minimum absolute atomic E-state index is 0. The Kier molecular flexibility index (Phi) is 5.61. The van der Waals surface area contributed by atoms with E-state index in [0.717, 1.165) is 12.1 Å². The normalized spacial score (nSPS) is 16.1. The molecule has 3 heterocycles. The topological polar surface area (TPSA) is 95.9 Å². The van der Waals surface area contributed by atoms with Crippen LogP contribution in [0.3, 0.4) is 0 Å². The number of amides is 2. The van der Waals surface area contributed by atoms with E-state index in [0.29, 0.717) is 5.69 Å². The van der Waals surface area contributed by atoms with Gasteiger partial charge >= 0.3 is 6.18 Å². The summed E-state index contributed by atoms with van der Waals surface area (Å²) < 4.78 is 39.9. The molecule has 3 aromatic rings. The van der Waals surface area contributed by atoms with Gasteiger partial charge in [0.1, 0.15) is 0 Å². The van der Waals surface area contributed by atoms with E-state index >= 15 is 0 Å². The van der Waals surface area contributed by atoms with Crippen molar-refractivity contribution in [1.29, 1.82) is 0 Å². The van der Waals surface area contributed by atoms with Crippen LogP contribution >= 0.6 is 13.5 Å². The third kappa shape index (κ3) is 3.77. The van der Waals surface area contributed by atoms with Gasteiger partial charge in [0.05, 0.1) is 35.2 Å². The highest BCUT2D eigenvalue weighted by Gasteiger charge is 2.35. The van der Waals surface area contributed by atoms with E-state index in [1.807, 2.05) is 6.92 Å². The number of H-pyrrole nitrogens is 1. The number of fused-ring (bicyclic) bond motifs is 1. The fourth-order valence-electron chi connectivity index (χ4n) is 3.18. The predicted octanol–water partition coefficient (Wildman–Crippen LogP) is 3.21. The summed E-state index contributed by atoms with van der Waals surface area (Å²) in [4.78, 5) is 26.7. The summed E-state index contributed by atoms with van der Waals surface area (Å²) in [6, 6.07) is 4.12. The SMILES string of the molecule is C[C@H]1CN(c2ccc(C(F)(F)F)cc2)C(=O)c2c(NC(=O)c3cn[nH]c3)cnn21.S. The molecule has 2 N–H and O–H groups in total. The molecule has 1 atom stereocenters. The number of benzene rings is 1. The summed E-state index contributed by atoms with van der Waals surface area (Å²) in [7, 11) is 0. The summed E-state index contributed by atoms with van der Waals surface area (Å²) in [5.74, 6) is -0.940. The Morgan fingerprint density at radius 3 is 2.53 bits per heavy atom. The summed E-state index contributed by atoms with van der Waals surface area (Å²) in [6.45, 7) is 2.05. The van der Waals surface area contributed by atoms with Crippen LogP contribution in [0.1, 0.15) is 39.4 Å². The lowest BCUT2D eigenvalue weighted by molar-refractivity contribution is -0.137. The molecule has 30 heavy (non-hydrogen) atoms. The molecule has 0 fully saturated rings. The van der Waals surface area contributed by atoms with Crippen molar-refractivity contribution in [3.8, 4) is 0 Å². The molecule has 0 saturated heterocycles. The van der Waals surface area contributed by atoms with Crippen molar-refractivity contribution in [2.45, 2.75) is 19.1 Å². The second-order valence-electron chi connectivity index (χ2n) is 6.60. The number of hydrogen-bond donors (Lipinski definition) is 2. The lowest BCUT2D eigenvalue weighted by Crippen LogP contribution is -2.43. The van der Waals surface area contributed by atoms with Gasteiger partial charge < -0.3 is 10.2 Å². The molecule has 0 saturated carbocycles. The van der Waals surface area contributed by atoms with E-state index in [1.54, 1.807) is 0 Å². The zero-order valence-electron chi connectivity index (χ0n) is 15.6. The molecule has 2 aromatic heterocycles. The van der Waals surface area contributed by atoms with Gasteiger partial charge in [0.15, 0.2) is 5.69 Å². The number of carbonyl (C=O) groups is 2. The monoisotopic (exact) mass is 438 g/mol. The number of halogens is 3. The molecule has 0 spiro atoms. The van der Waals surface area contributed by atoms with E-state index in [-0.39, 0.29) is 43.0 Å². The van der Waals surface area contributed by atoms with Crippen molar-refractivity contribution in [3.05, 3.63) is 59.7 Å². The number of anilines is 2. The number of rotatable bonds is 3. The first-order valence-electron chi connectivity index (χ1n) is 8.62. The Labute approximate surface area is 175 Å². The highest BCUT2D eigenvalue weighted by Crippen LogP contribution is 2.33. The molecule has 158 valence electrons. The molecular weight excluding hydrogens is 421 g/mol. The number of nitrogens with one attached hydrogen (secondary N) is 2. The maximum absolute atomic E-state index is 13.1. The number of nitrogens with zero attached hydrogens (tertiary/aromatic N) is 4. The molecule has 2 amide bonds. The average molecular weight is 438 g/mol. The van der Waals surface area contributed by atoms with Crippen molar-refractivity contribution >= 4 is 36.7 Å². The van der Waals surface area contributed by atoms with Crippen LogP contribution < -0.4 is 10.2 Å². The van der Waals surface area contributed by atoms with Crippen LogP contribution in [-0.2, 0) is 6.18 Å². The van der Waals surface area contributed by atoms with Gasteiger partial charge in [0.25, 0.3) is 11.8 Å². The van der Waals surface area contributed by atoms with Gasteiger partial charge in [-0.1, -0.05) is 0 Å².